The van der Waals surface area contributed by atoms with E-state index in [4.69, 9.17) is 16.3 Å². The van der Waals surface area contributed by atoms with Gasteiger partial charge in [-0.25, -0.2) is 14.2 Å². The molecule has 0 bridgehead atoms. The third-order valence-corrected chi connectivity index (χ3v) is 2.95. The van der Waals surface area contributed by atoms with Crippen molar-refractivity contribution in [3.8, 4) is 0 Å². The quantitative estimate of drug-likeness (QED) is 0.677. The second-order valence-electron chi connectivity index (χ2n) is 4.31. The Kier molecular flexibility index (Phi) is 5.43. The van der Waals surface area contributed by atoms with Gasteiger partial charge in [-0.15, -0.1) is 0 Å². The Balaban J connectivity index is 1.79. The maximum atomic E-state index is 13.4. The average molecular weight is 323 g/mol. The molecule has 1 aromatic heterocycles. The molecule has 0 radical (unpaired) electrons. The van der Waals surface area contributed by atoms with Gasteiger partial charge in [0.25, 0.3) is 5.91 Å². The van der Waals surface area contributed by atoms with Crippen molar-refractivity contribution in [1.82, 2.24) is 10.3 Å². The number of nitrogens with one attached hydrogen (secondary N) is 1. The first-order chi connectivity index (χ1) is 10.6. The highest BCUT2D eigenvalue weighted by molar-refractivity contribution is 6.29. The van der Waals surface area contributed by atoms with Crippen LogP contribution < -0.4 is 5.32 Å². The molecule has 0 aliphatic heterocycles. The van der Waals surface area contributed by atoms with Crippen LogP contribution in [-0.2, 0) is 16.1 Å². The van der Waals surface area contributed by atoms with Crippen LogP contribution >= 0.6 is 11.6 Å². The van der Waals surface area contributed by atoms with Gasteiger partial charge in [0.1, 0.15) is 11.0 Å². The Morgan fingerprint density at radius 1 is 1.23 bits per heavy atom. The number of hydrogen-bond acceptors (Lipinski definition) is 4. The van der Waals surface area contributed by atoms with Crippen molar-refractivity contribution in [2.24, 2.45) is 0 Å². The van der Waals surface area contributed by atoms with Crippen LogP contribution in [0.2, 0.25) is 5.15 Å². The number of carbonyl (C=O) groups excluding carboxylic acids is 2. The van der Waals surface area contributed by atoms with E-state index >= 15 is 0 Å². The van der Waals surface area contributed by atoms with Crippen molar-refractivity contribution in [2.45, 2.75) is 6.54 Å². The van der Waals surface area contributed by atoms with Gasteiger partial charge < -0.3 is 10.1 Å². The molecule has 22 heavy (non-hydrogen) atoms. The van der Waals surface area contributed by atoms with E-state index in [0.29, 0.717) is 5.56 Å². The lowest BCUT2D eigenvalue weighted by atomic mass is 10.2. The smallest absolute Gasteiger partial charge is 0.340 e. The lowest BCUT2D eigenvalue weighted by Gasteiger charge is -2.07. The molecular weight excluding hydrogens is 311 g/mol. The molecule has 0 fully saturated rings. The maximum absolute atomic E-state index is 13.4. The van der Waals surface area contributed by atoms with Gasteiger partial charge in [-0.05, 0) is 18.2 Å². The molecule has 2 rings (SSSR count). The summed E-state index contributed by atoms with van der Waals surface area (Å²) in [5.41, 5.74) is 0.537. The predicted octanol–water partition coefficient (Wildman–Crippen LogP) is 2.35. The molecule has 0 atom stereocenters. The summed E-state index contributed by atoms with van der Waals surface area (Å²) in [6.45, 7) is -0.443. The number of amides is 1. The minimum absolute atomic E-state index is 0.0194. The number of hydrogen-bond donors (Lipinski definition) is 1. The summed E-state index contributed by atoms with van der Waals surface area (Å²) < 4.78 is 18.2. The Morgan fingerprint density at radius 2 is 2.00 bits per heavy atom. The van der Waals surface area contributed by atoms with Crippen molar-refractivity contribution in [3.63, 3.8) is 0 Å². The molecular formula is C15H12ClFN2O3. The molecule has 1 N–H and O–H groups in total. The lowest BCUT2D eigenvalue weighted by Crippen LogP contribution is -2.28. The minimum atomic E-state index is -0.690. The maximum Gasteiger partial charge on any atom is 0.340 e. The SMILES string of the molecule is O=C(COC(=O)c1ccc(Cl)nc1)NCc1ccccc1F. The number of rotatable bonds is 5. The molecule has 0 aliphatic carbocycles. The number of halogens is 2. The first-order valence-electron chi connectivity index (χ1n) is 6.35. The number of esters is 1. The summed E-state index contributed by atoms with van der Waals surface area (Å²) in [7, 11) is 0. The van der Waals surface area contributed by atoms with E-state index in [1.54, 1.807) is 18.2 Å². The van der Waals surface area contributed by atoms with Crippen molar-refractivity contribution in [1.29, 1.82) is 0 Å². The van der Waals surface area contributed by atoms with Gasteiger partial charge >= 0.3 is 5.97 Å². The number of nitrogens with zero attached hydrogens (tertiary/aromatic N) is 1. The van der Waals surface area contributed by atoms with Crippen LogP contribution in [0.3, 0.4) is 0 Å². The van der Waals surface area contributed by atoms with E-state index < -0.39 is 24.3 Å². The Hall–Kier alpha value is -2.47. The third-order valence-electron chi connectivity index (χ3n) is 2.73. The van der Waals surface area contributed by atoms with Crippen LogP contribution in [0.25, 0.3) is 0 Å². The van der Waals surface area contributed by atoms with Gasteiger partial charge in [0.15, 0.2) is 6.61 Å². The number of aromatic nitrogens is 1. The highest BCUT2D eigenvalue weighted by atomic mass is 35.5. The molecule has 0 saturated carbocycles. The summed E-state index contributed by atoms with van der Waals surface area (Å²) in [4.78, 5) is 26.9. The van der Waals surface area contributed by atoms with Gasteiger partial charge in [0.2, 0.25) is 0 Å². The van der Waals surface area contributed by atoms with Crippen LogP contribution in [0.5, 0.6) is 0 Å². The van der Waals surface area contributed by atoms with E-state index in [0.717, 1.165) is 0 Å². The molecule has 0 spiro atoms. The predicted molar refractivity (Wildman–Crippen MR) is 77.8 cm³/mol. The summed E-state index contributed by atoms with van der Waals surface area (Å²) in [5.74, 6) is -1.63. The van der Waals surface area contributed by atoms with Crippen LogP contribution in [-0.4, -0.2) is 23.5 Å². The zero-order valence-corrected chi connectivity index (χ0v) is 12.1. The fraction of sp³-hybridized carbons (Fsp3) is 0.133. The molecule has 7 heteroatoms. The standard InChI is InChI=1S/C15H12ClFN2O3/c16-13-6-5-11(8-18-13)15(21)22-9-14(20)19-7-10-3-1-2-4-12(10)17/h1-6,8H,7,9H2,(H,19,20). The first-order valence-corrected chi connectivity index (χ1v) is 6.73. The zero-order valence-electron chi connectivity index (χ0n) is 11.4. The van der Waals surface area contributed by atoms with Crippen molar-refractivity contribution < 1.29 is 18.7 Å². The number of ether oxygens (including phenoxy) is 1. The molecule has 0 unspecified atom stereocenters. The van der Waals surface area contributed by atoms with Crippen molar-refractivity contribution >= 4 is 23.5 Å². The van der Waals surface area contributed by atoms with Gasteiger partial charge in [0.05, 0.1) is 5.56 Å². The first kappa shape index (κ1) is 15.9. The monoisotopic (exact) mass is 322 g/mol. The molecule has 114 valence electrons. The van der Waals surface area contributed by atoms with Crippen LogP contribution in [0.4, 0.5) is 4.39 Å². The molecule has 1 aromatic carbocycles. The molecule has 5 nitrogen and oxygen atoms in total. The zero-order chi connectivity index (χ0) is 15.9. The summed E-state index contributed by atoms with van der Waals surface area (Å²) >= 11 is 5.60. The van der Waals surface area contributed by atoms with Crippen molar-refractivity contribution in [3.05, 3.63) is 64.7 Å². The fourth-order valence-electron chi connectivity index (χ4n) is 1.60. The Labute approximate surface area is 131 Å². The highest BCUT2D eigenvalue weighted by Gasteiger charge is 2.11. The minimum Gasteiger partial charge on any atom is -0.452 e. The molecule has 0 aliphatic rings. The molecule has 1 heterocycles. The van der Waals surface area contributed by atoms with Crippen LogP contribution in [0.15, 0.2) is 42.6 Å². The third kappa shape index (κ3) is 4.53. The summed E-state index contributed by atoms with van der Waals surface area (Å²) in [6.07, 6.45) is 1.25. The van der Waals surface area contributed by atoms with Crippen LogP contribution in [0, 0.1) is 5.82 Å². The van der Waals surface area contributed by atoms with Gasteiger partial charge in [-0.2, -0.15) is 0 Å². The van der Waals surface area contributed by atoms with E-state index in [2.05, 4.69) is 10.3 Å². The Morgan fingerprint density at radius 3 is 2.68 bits per heavy atom. The van der Waals surface area contributed by atoms with Gasteiger partial charge in [-0.3, -0.25) is 4.79 Å². The Bertz CT molecular complexity index is 677. The van der Waals surface area contributed by atoms with Crippen LogP contribution in [0.1, 0.15) is 15.9 Å². The average Bonchev–Trinajstić information content (AvgIpc) is 2.52. The highest BCUT2D eigenvalue weighted by Crippen LogP contribution is 2.07. The normalized spacial score (nSPS) is 10.1. The summed E-state index contributed by atoms with van der Waals surface area (Å²) in [5, 5.41) is 2.71. The van der Waals surface area contributed by atoms with Gasteiger partial charge in [-0.1, -0.05) is 29.8 Å². The fourth-order valence-corrected chi connectivity index (χ4v) is 1.71. The number of benzene rings is 1. The van der Waals surface area contributed by atoms with E-state index in [9.17, 15) is 14.0 Å². The number of pyridine rings is 1. The summed E-state index contributed by atoms with van der Waals surface area (Å²) in [6, 6.07) is 8.96. The second-order valence-corrected chi connectivity index (χ2v) is 4.70. The largest absolute Gasteiger partial charge is 0.452 e. The number of carbonyl (C=O) groups is 2. The second kappa shape index (κ2) is 7.51. The van der Waals surface area contributed by atoms with E-state index in [1.165, 1.54) is 24.4 Å². The van der Waals surface area contributed by atoms with Gasteiger partial charge in [0, 0.05) is 18.3 Å². The van der Waals surface area contributed by atoms with E-state index in [1.807, 2.05) is 0 Å². The molecule has 2 aromatic rings. The van der Waals surface area contributed by atoms with Crippen molar-refractivity contribution in [2.75, 3.05) is 6.61 Å². The lowest BCUT2D eigenvalue weighted by molar-refractivity contribution is -0.124. The molecule has 1 amide bonds. The molecule has 0 saturated heterocycles. The topological polar surface area (TPSA) is 68.3 Å². The van der Waals surface area contributed by atoms with E-state index in [-0.39, 0.29) is 17.3 Å².